The van der Waals surface area contributed by atoms with E-state index in [4.69, 9.17) is 9.84 Å². The van der Waals surface area contributed by atoms with Gasteiger partial charge in [-0.15, -0.1) is 0 Å². The minimum absolute atomic E-state index is 0.140. The van der Waals surface area contributed by atoms with Gasteiger partial charge in [0.15, 0.2) is 0 Å². The highest BCUT2D eigenvalue weighted by Gasteiger charge is 2.23. The number of nitro groups is 1. The number of nitro benzene ring substituents is 1. The van der Waals surface area contributed by atoms with Crippen LogP contribution in [0.1, 0.15) is 12.5 Å². The maximum atomic E-state index is 13.6. The Labute approximate surface area is 210 Å². The van der Waals surface area contributed by atoms with E-state index in [2.05, 4.69) is 27.8 Å². The van der Waals surface area contributed by atoms with Crippen LogP contribution >= 0.6 is 15.9 Å². The van der Waals surface area contributed by atoms with Crippen molar-refractivity contribution >= 4 is 38.1 Å². The molecule has 178 valence electrons. The minimum Gasteiger partial charge on any atom is -0.378 e. The fourth-order valence-corrected chi connectivity index (χ4v) is 4.95. The van der Waals surface area contributed by atoms with Gasteiger partial charge in [0, 0.05) is 40.3 Å². The standard InChI is InChI=1S/C26H23BrN4O4/c1-2-17-13-18(15-19(27)14-17)25-21-5-3-4-6-22(21)26(32)30(28-25)24-16-20(7-8-23(24)31(33)34)29-9-11-35-12-10-29/h3-8,13-16H,2,9-12H2,1H3. The van der Waals surface area contributed by atoms with Gasteiger partial charge in [-0.2, -0.15) is 9.78 Å². The molecule has 1 aromatic heterocycles. The molecule has 3 aromatic carbocycles. The van der Waals surface area contributed by atoms with Crippen molar-refractivity contribution in [2.24, 2.45) is 0 Å². The van der Waals surface area contributed by atoms with E-state index in [0.717, 1.165) is 27.7 Å². The van der Waals surface area contributed by atoms with Crippen molar-refractivity contribution in [1.82, 2.24) is 9.78 Å². The van der Waals surface area contributed by atoms with Crippen LogP contribution < -0.4 is 10.5 Å². The highest BCUT2D eigenvalue weighted by Crippen LogP contribution is 2.32. The van der Waals surface area contributed by atoms with E-state index in [-0.39, 0.29) is 11.4 Å². The molecule has 5 rings (SSSR count). The van der Waals surface area contributed by atoms with Gasteiger partial charge in [0.2, 0.25) is 0 Å². The number of aryl methyl sites for hydroxylation is 1. The molecule has 1 aliphatic rings. The topological polar surface area (TPSA) is 90.5 Å². The molecule has 0 amide bonds. The molecule has 8 nitrogen and oxygen atoms in total. The third-order valence-corrected chi connectivity index (χ3v) is 6.66. The van der Waals surface area contributed by atoms with Crippen molar-refractivity contribution in [3.05, 3.63) is 91.2 Å². The first-order valence-electron chi connectivity index (χ1n) is 11.4. The van der Waals surface area contributed by atoms with Crippen LogP contribution in [0.25, 0.3) is 27.7 Å². The molecule has 0 spiro atoms. The van der Waals surface area contributed by atoms with Crippen LogP contribution in [0.15, 0.2) is 69.9 Å². The van der Waals surface area contributed by atoms with Crippen molar-refractivity contribution in [3.8, 4) is 16.9 Å². The third-order valence-electron chi connectivity index (χ3n) is 6.20. The first-order valence-corrected chi connectivity index (χ1v) is 12.2. The number of nitrogens with zero attached hydrogens (tertiary/aromatic N) is 4. The second-order valence-corrected chi connectivity index (χ2v) is 9.26. The summed E-state index contributed by atoms with van der Waals surface area (Å²) < 4.78 is 7.51. The number of hydrogen-bond donors (Lipinski definition) is 0. The van der Waals surface area contributed by atoms with Crippen LogP contribution in [0.4, 0.5) is 11.4 Å². The fourth-order valence-electron chi connectivity index (χ4n) is 4.41. The normalized spacial score (nSPS) is 13.8. The molecule has 2 heterocycles. The van der Waals surface area contributed by atoms with E-state index < -0.39 is 10.5 Å². The van der Waals surface area contributed by atoms with E-state index in [1.54, 1.807) is 24.3 Å². The molecular weight excluding hydrogens is 512 g/mol. The van der Waals surface area contributed by atoms with Crippen molar-refractivity contribution in [1.29, 1.82) is 0 Å². The number of halogens is 1. The summed E-state index contributed by atoms with van der Waals surface area (Å²) in [6, 6.07) is 18.1. The largest absolute Gasteiger partial charge is 0.378 e. The number of ether oxygens (including phenoxy) is 1. The average molecular weight is 535 g/mol. The van der Waals surface area contributed by atoms with Gasteiger partial charge in [-0.25, -0.2) is 0 Å². The van der Waals surface area contributed by atoms with Gasteiger partial charge >= 0.3 is 0 Å². The van der Waals surface area contributed by atoms with E-state index in [1.165, 1.54) is 10.7 Å². The summed E-state index contributed by atoms with van der Waals surface area (Å²) in [5.74, 6) is 0. The Balaban J connectivity index is 1.79. The zero-order valence-electron chi connectivity index (χ0n) is 19.1. The van der Waals surface area contributed by atoms with E-state index >= 15 is 0 Å². The number of fused-ring (bicyclic) bond motifs is 1. The third kappa shape index (κ3) is 4.44. The number of hydrogen-bond acceptors (Lipinski definition) is 6. The van der Waals surface area contributed by atoms with Gasteiger partial charge in [-0.1, -0.05) is 41.1 Å². The molecular formula is C26H23BrN4O4. The fraction of sp³-hybridized carbons (Fsp3) is 0.231. The van der Waals surface area contributed by atoms with Crippen LogP contribution in [0.3, 0.4) is 0 Å². The van der Waals surface area contributed by atoms with E-state index in [0.29, 0.717) is 42.8 Å². The van der Waals surface area contributed by atoms with E-state index in [9.17, 15) is 14.9 Å². The minimum atomic E-state index is -0.476. The molecule has 0 atom stereocenters. The first kappa shape index (κ1) is 23.2. The van der Waals surface area contributed by atoms with Gasteiger partial charge in [-0.3, -0.25) is 14.9 Å². The molecule has 0 radical (unpaired) electrons. The Morgan fingerprint density at radius 2 is 1.80 bits per heavy atom. The van der Waals surface area contributed by atoms with Crippen molar-refractivity contribution in [3.63, 3.8) is 0 Å². The van der Waals surface area contributed by atoms with Crippen molar-refractivity contribution in [2.45, 2.75) is 13.3 Å². The van der Waals surface area contributed by atoms with Gasteiger partial charge in [0.1, 0.15) is 5.69 Å². The first-order chi connectivity index (χ1) is 17.0. The highest BCUT2D eigenvalue weighted by atomic mass is 79.9. The Kier molecular flexibility index (Phi) is 6.36. The highest BCUT2D eigenvalue weighted by molar-refractivity contribution is 9.10. The summed E-state index contributed by atoms with van der Waals surface area (Å²) in [7, 11) is 0. The summed E-state index contributed by atoms with van der Waals surface area (Å²) in [6.07, 6.45) is 0.830. The second-order valence-electron chi connectivity index (χ2n) is 8.34. The predicted molar refractivity (Wildman–Crippen MR) is 140 cm³/mol. The monoisotopic (exact) mass is 534 g/mol. The molecule has 1 saturated heterocycles. The van der Waals surface area contributed by atoms with Gasteiger partial charge < -0.3 is 9.64 Å². The van der Waals surface area contributed by atoms with Gasteiger partial charge in [-0.05, 0) is 48.4 Å². The zero-order valence-corrected chi connectivity index (χ0v) is 20.7. The second kappa shape index (κ2) is 9.59. The zero-order chi connectivity index (χ0) is 24.5. The molecule has 0 saturated carbocycles. The number of morpholine rings is 1. The van der Waals surface area contributed by atoms with Crippen LogP contribution in [0.5, 0.6) is 0 Å². The SMILES string of the molecule is CCc1cc(Br)cc(-c2nn(-c3cc(N4CCOCC4)ccc3[N+](=O)[O-])c(=O)c3ccccc23)c1. The molecule has 0 N–H and O–H groups in total. The molecule has 1 aliphatic heterocycles. The Hall–Kier alpha value is -3.56. The molecule has 0 unspecified atom stereocenters. The molecule has 4 aromatic rings. The molecule has 35 heavy (non-hydrogen) atoms. The maximum absolute atomic E-state index is 13.6. The van der Waals surface area contributed by atoms with Crippen LogP contribution in [0, 0.1) is 10.1 Å². The van der Waals surface area contributed by atoms with Crippen molar-refractivity contribution in [2.75, 3.05) is 31.2 Å². The average Bonchev–Trinajstić information content (AvgIpc) is 2.88. The summed E-state index contributed by atoms with van der Waals surface area (Å²) in [4.78, 5) is 27.2. The van der Waals surface area contributed by atoms with Crippen LogP contribution in [-0.4, -0.2) is 41.0 Å². The van der Waals surface area contributed by atoms with Gasteiger partial charge in [0.25, 0.3) is 11.2 Å². The molecule has 9 heteroatoms. The maximum Gasteiger partial charge on any atom is 0.295 e. The lowest BCUT2D eigenvalue weighted by molar-refractivity contribution is -0.384. The Morgan fingerprint density at radius 1 is 1.06 bits per heavy atom. The van der Waals surface area contributed by atoms with E-state index in [1.807, 2.05) is 30.3 Å². The number of anilines is 1. The Bertz CT molecular complexity index is 1490. The lowest BCUT2D eigenvalue weighted by Crippen LogP contribution is -2.36. The smallest absolute Gasteiger partial charge is 0.295 e. The molecule has 0 bridgehead atoms. The lowest BCUT2D eigenvalue weighted by Gasteiger charge is -2.29. The summed E-state index contributed by atoms with van der Waals surface area (Å²) in [5, 5.41) is 17.8. The Morgan fingerprint density at radius 3 is 2.51 bits per heavy atom. The lowest BCUT2D eigenvalue weighted by atomic mass is 10.0. The number of benzene rings is 3. The van der Waals surface area contributed by atoms with Crippen LogP contribution in [0.2, 0.25) is 0 Å². The van der Waals surface area contributed by atoms with Crippen molar-refractivity contribution < 1.29 is 9.66 Å². The summed E-state index contributed by atoms with van der Waals surface area (Å²) >= 11 is 3.58. The summed E-state index contributed by atoms with van der Waals surface area (Å²) in [5.41, 5.74) is 2.86. The van der Waals surface area contributed by atoms with Gasteiger partial charge in [0.05, 0.1) is 29.2 Å². The predicted octanol–water partition coefficient (Wildman–Crippen LogP) is 5.12. The molecule has 1 fully saturated rings. The molecule has 0 aliphatic carbocycles. The number of aromatic nitrogens is 2. The summed E-state index contributed by atoms with van der Waals surface area (Å²) in [6.45, 7) is 4.56. The quantitative estimate of drug-likeness (QED) is 0.260. The number of rotatable bonds is 5. The van der Waals surface area contributed by atoms with Crippen LogP contribution in [-0.2, 0) is 11.2 Å².